The number of carbonyl (C=O) groups is 1. The van der Waals surface area contributed by atoms with Crippen molar-refractivity contribution in [3.63, 3.8) is 0 Å². The summed E-state index contributed by atoms with van der Waals surface area (Å²) in [5, 5.41) is 10.8. The highest BCUT2D eigenvalue weighted by molar-refractivity contribution is 5.76. The molecule has 3 rings (SSSR count). The summed E-state index contributed by atoms with van der Waals surface area (Å²) < 4.78 is 32.9. The molecule has 0 radical (unpaired) electrons. The van der Waals surface area contributed by atoms with E-state index >= 15 is 0 Å². The molecule has 9 heteroatoms. The SMILES string of the molecule is COc1cc(C=O)ccc1OCC(O)CN(Cc1cc(OC)c(OC)c(OC)c1)Cc1ccco1. The monoisotopic (exact) mass is 485 g/mol. The number of hydrogen-bond donors (Lipinski definition) is 1. The van der Waals surface area contributed by atoms with Gasteiger partial charge in [0, 0.05) is 18.7 Å². The van der Waals surface area contributed by atoms with Gasteiger partial charge >= 0.3 is 0 Å². The van der Waals surface area contributed by atoms with E-state index in [-0.39, 0.29) is 6.61 Å². The summed E-state index contributed by atoms with van der Waals surface area (Å²) in [5.74, 6) is 3.24. The molecule has 1 heterocycles. The summed E-state index contributed by atoms with van der Waals surface area (Å²) in [6.45, 7) is 1.27. The molecule has 1 atom stereocenters. The molecule has 1 N–H and O–H groups in total. The van der Waals surface area contributed by atoms with E-state index in [2.05, 4.69) is 0 Å². The van der Waals surface area contributed by atoms with Gasteiger partial charge in [0.25, 0.3) is 0 Å². The first-order chi connectivity index (χ1) is 17.0. The number of hydrogen-bond acceptors (Lipinski definition) is 9. The third-order valence-electron chi connectivity index (χ3n) is 5.31. The van der Waals surface area contributed by atoms with Crippen LogP contribution in [0.15, 0.2) is 53.1 Å². The minimum Gasteiger partial charge on any atom is -0.493 e. The maximum Gasteiger partial charge on any atom is 0.203 e. The minimum absolute atomic E-state index is 0.0285. The van der Waals surface area contributed by atoms with Crippen LogP contribution in [0, 0.1) is 0 Å². The predicted molar refractivity (Wildman–Crippen MR) is 129 cm³/mol. The Morgan fingerprint density at radius 3 is 2.20 bits per heavy atom. The maximum absolute atomic E-state index is 11.0. The number of rotatable bonds is 14. The summed E-state index contributed by atoms with van der Waals surface area (Å²) in [5.41, 5.74) is 1.38. The Bertz CT molecular complexity index is 1060. The molecule has 9 nitrogen and oxygen atoms in total. The van der Waals surface area contributed by atoms with Crippen LogP contribution >= 0.6 is 0 Å². The average molecular weight is 486 g/mol. The van der Waals surface area contributed by atoms with Crippen LogP contribution in [0.25, 0.3) is 0 Å². The molecule has 0 aliphatic heterocycles. The number of furan rings is 1. The van der Waals surface area contributed by atoms with Crippen molar-refractivity contribution < 1.29 is 38.0 Å². The number of ether oxygens (including phenoxy) is 5. The number of aliphatic hydroxyl groups is 1. The highest BCUT2D eigenvalue weighted by Crippen LogP contribution is 2.38. The van der Waals surface area contributed by atoms with Crippen molar-refractivity contribution in [2.45, 2.75) is 19.2 Å². The van der Waals surface area contributed by atoms with Crippen LogP contribution in [0.3, 0.4) is 0 Å². The number of carbonyl (C=O) groups excluding carboxylic acids is 1. The molecular weight excluding hydrogens is 454 g/mol. The van der Waals surface area contributed by atoms with E-state index in [4.69, 9.17) is 28.1 Å². The van der Waals surface area contributed by atoms with Gasteiger partial charge in [-0.15, -0.1) is 0 Å². The van der Waals surface area contributed by atoms with Crippen molar-refractivity contribution in [3.05, 3.63) is 65.6 Å². The lowest BCUT2D eigenvalue weighted by Gasteiger charge is -2.25. The van der Waals surface area contributed by atoms with Gasteiger partial charge in [-0.25, -0.2) is 0 Å². The van der Waals surface area contributed by atoms with E-state index in [0.29, 0.717) is 53.9 Å². The zero-order valence-corrected chi connectivity index (χ0v) is 20.4. The second kappa shape index (κ2) is 12.7. The Kier molecular flexibility index (Phi) is 9.39. The van der Waals surface area contributed by atoms with Crippen molar-refractivity contribution in [3.8, 4) is 28.7 Å². The van der Waals surface area contributed by atoms with Crippen molar-refractivity contribution in [2.75, 3.05) is 41.6 Å². The molecule has 0 aliphatic carbocycles. The molecule has 0 fully saturated rings. The second-order valence-corrected chi connectivity index (χ2v) is 7.78. The molecule has 0 spiro atoms. The van der Waals surface area contributed by atoms with Gasteiger partial charge in [0.05, 0.1) is 41.2 Å². The number of benzene rings is 2. The van der Waals surface area contributed by atoms with Crippen molar-refractivity contribution in [2.24, 2.45) is 0 Å². The fourth-order valence-corrected chi connectivity index (χ4v) is 3.71. The molecule has 35 heavy (non-hydrogen) atoms. The van der Waals surface area contributed by atoms with Gasteiger partial charge in [-0.3, -0.25) is 9.69 Å². The summed E-state index contributed by atoms with van der Waals surface area (Å²) in [6.07, 6.45) is 1.53. The van der Waals surface area contributed by atoms with E-state index in [1.807, 2.05) is 29.2 Å². The smallest absolute Gasteiger partial charge is 0.203 e. The largest absolute Gasteiger partial charge is 0.493 e. The normalized spacial score (nSPS) is 11.7. The molecule has 2 aromatic carbocycles. The Balaban J connectivity index is 1.74. The Morgan fingerprint density at radius 1 is 0.914 bits per heavy atom. The number of nitrogens with zero attached hydrogens (tertiary/aromatic N) is 1. The molecule has 0 amide bonds. The van der Waals surface area contributed by atoms with E-state index in [1.54, 1.807) is 45.8 Å². The van der Waals surface area contributed by atoms with Gasteiger partial charge in [-0.2, -0.15) is 0 Å². The Labute approximate surface area is 204 Å². The molecule has 0 aliphatic rings. The van der Waals surface area contributed by atoms with Crippen LogP contribution in [0.1, 0.15) is 21.7 Å². The van der Waals surface area contributed by atoms with Gasteiger partial charge in [0.1, 0.15) is 24.8 Å². The third kappa shape index (κ3) is 6.91. The van der Waals surface area contributed by atoms with Gasteiger partial charge in [0.15, 0.2) is 23.0 Å². The molecule has 188 valence electrons. The first-order valence-corrected chi connectivity index (χ1v) is 11.0. The van der Waals surface area contributed by atoms with E-state index < -0.39 is 6.10 Å². The van der Waals surface area contributed by atoms with Crippen molar-refractivity contribution in [1.29, 1.82) is 0 Å². The van der Waals surface area contributed by atoms with E-state index in [0.717, 1.165) is 17.6 Å². The fourth-order valence-electron chi connectivity index (χ4n) is 3.71. The average Bonchev–Trinajstić information content (AvgIpc) is 3.39. The maximum atomic E-state index is 11.0. The van der Waals surface area contributed by atoms with Crippen molar-refractivity contribution >= 4 is 6.29 Å². The summed E-state index contributed by atoms with van der Waals surface area (Å²) >= 11 is 0. The zero-order valence-electron chi connectivity index (χ0n) is 20.4. The van der Waals surface area contributed by atoms with Crippen LogP contribution in [0.4, 0.5) is 0 Å². The van der Waals surface area contributed by atoms with Crippen LogP contribution < -0.4 is 23.7 Å². The molecular formula is C26H31NO8. The number of aldehydes is 1. The fraction of sp³-hybridized carbons (Fsp3) is 0.346. The molecule has 0 saturated carbocycles. The second-order valence-electron chi connectivity index (χ2n) is 7.78. The molecule has 1 aromatic heterocycles. The lowest BCUT2D eigenvalue weighted by Crippen LogP contribution is -2.35. The van der Waals surface area contributed by atoms with E-state index in [9.17, 15) is 9.90 Å². The van der Waals surface area contributed by atoms with Crippen molar-refractivity contribution in [1.82, 2.24) is 4.90 Å². The van der Waals surface area contributed by atoms with Gasteiger partial charge in [-0.05, 0) is 48.0 Å². The molecule has 0 saturated heterocycles. The Morgan fingerprint density at radius 2 is 1.63 bits per heavy atom. The summed E-state index contributed by atoms with van der Waals surface area (Å²) in [6, 6.07) is 12.3. The van der Waals surface area contributed by atoms with Crippen LogP contribution in [0.5, 0.6) is 28.7 Å². The lowest BCUT2D eigenvalue weighted by atomic mass is 10.1. The standard InChI is InChI=1S/C26H31NO8/c1-30-23-10-18(16-28)7-8-22(23)35-17-20(29)14-27(15-21-6-5-9-34-21)13-19-11-24(31-2)26(33-4)25(12-19)32-3/h5-12,16,20,29H,13-15,17H2,1-4H3. The first-order valence-electron chi connectivity index (χ1n) is 11.0. The minimum atomic E-state index is -0.817. The topological polar surface area (TPSA) is 99.8 Å². The third-order valence-corrected chi connectivity index (χ3v) is 5.31. The summed E-state index contributed by atoms with van der Waals surface area (Å²) in [4.78, 5) is 13.0. The molecule has 3 aromatic rings. The number of aliphatic hydroxyl groups excluding tert-OH is 1. The van der Waals surface area contributed by atoms with Crippen LogP contribution in [-0.2, 0) is 13.1 Å². The highest BCUT2D eigenvalue weighted by atomic mass is 16.5. The van der Waals surface area contributed by atoms with E-state index in [1.165, 1.54) is 7.11 Å². The van der Waals surface area contributed by atoms with Crippen LogP contribution in [-0.4, -0.2) is 64.0 Å². The van der Waals surface area contributed by atoms with Gasteiger partial charge in [0.2, 0.25) is 5.75 Å². The molecule has 0 bridgehead atoms. The van der Waals surface area contributed by atoms with Crippen LogP contribution in [0.2, 0.25) is 0 Å². The Hall–Kier alpha value is -3.69. The number of methoxy groups -OCH3 is 4. The quantitative estimate of drug-likeness (QED) is 0.344. The van der Waals surface area contributed by atoms with Gasteiger partial charge < -0.3 is 33.2 Å². The highest BCUT2D eigenvalue weighted by Gasteiger charge is 2.19. The lowest BCUT2D eigenvalue weighted by molar-refractivity contribution is 0.0595. The first kappa shape index (κ1) is 25.9. The van der Waals surface area contributed by atoms with Gasteiger partial charge in [-0.1, -0.05) is 0 Å². The predicted octanol–water partition coefficient (Wildman–Crippen LogP) is 3.57. The summed E-state index contributed by atoms with van der Waals surface area (Å²) in [7, 11) is 6.19. The zero-order chi connectivity index (χ0) is 25.2. The molecule has 1 unspecified atom stereocenters.